The molecule has 0 saturated carbocycles. The van der Waals surface area contributed by atoms with Gasteiger partial charge in [-0.05, 0) is 40.0 Å². The number of hydrogen-bond donors (Lipinski definition) is 1. The van der Waals surface area contributed by atoms with E-state index in [9.17, 15) is 9.90 Å². The fourth-order valence-corrected chi connectivity index (χ4v) is 1.42. The lowest BCUT2D eigenvalue weighted by Crippen LogP contribution is -2.24. The molecule has 1 atom stereocenters. The molecule has 0 saturated heterocycles. The van der Waals surface area contributed by atoms with Gasteiger partial charge < -0.3 is 14.6 Å². The second-order valence-electron chi connectivity index (χ2n) is 5.56. The molecule has 0 fully saturated rings. The Hall–Kier alpha value is -0.610. The number of carbonyl (C=O) groups excluding carboxylic acids is 1. The quantitative estimate of drug-likeness (QED) is 0.511. The molecule has 0 bridgehead atoms. The van der Waals surface area contributed by atoms with Gasteiger partial charge in [0, 0.05) is 13.0 Å². The fraction of sp³-hybridized carbons (Fsp3) is 0.929. The molecule has 4 heteroatoms. The predicted molar refractivity (Wildman–Crippen MR) is 71.4 cm³/mol. The molecular weight excluding hydrogens is 232 g/mol. The van der Waals surface area contributed by atoms with Gasteiger partial charge in [0.1, 0.15) is 5.60 Å². The summed E-state index contributed by atoms with van der Waals surface area (Å²) in [4.78, 5) is 11.4. The van der Waals surface area contributed by atoms with Crippen LogP contribution < -0.4 is 0 Å². The van der Waals surface area contributed by atoms with Crippen molar-refractivity contribution in [2.45, 2.75) is 71.5 Å². The van der Waals surface area contributed by atoms with Gasteiger partial charge in [0.2, 0.25) is 0 Å². The standard InChI is InChI=1S/C14H28O4/c1-5-6-10-17-11-12(15)8-7-9-13(16)18-14(2,3)4/h12,15H,5-11H2,1-4H3/t12-/m0/s1. The molecule has 0 radical (unpaired) electrons. The number of aliphatic hydroxyl groups excluding tert-OH is 1. The second kappa shape index (κ2) is 9.34. The molecule has 1 N–H and O–H groups in total. The zero-order chi connectivity index (χ0) is 14.0. The number of carbonyl (C=O) groups is 1. The molecular formula is C14H28O4. The first kappa shape index (κ1) is 17.4. The molecule has 0 heterocycles. The first-order valence-corrected chi connectivity index (χ1v) is 6.83. The number of aliphatic hydroxyl groups is 1. The maximum atomic E-state index is 11.4. The van der Waals surface area contributed by atoms with Crippen molar-refractivity contribution in [3.05, 3.63) is 0 Å². The van der Waals surface area contributed by atoms with Crippen molar-refractivity contribution >= 4 is 5.97 Å². The molecule has 0 spiro atoms. The second-order valence-corrected chi connectivity index (χ2v) is 5.56. The molecule has 0 rings (SSSR count). The van der Waals surface area contributed by atoms with Crippen molar-refractivity contribution in [1.82, 2.24) is 0 Å². The van der Waals surface area contributed by atoms with Gasteiger partial charge in [-0.25, -0.2) is 0 Å². The average molecular weight is 260 g/mol. The van der Waals surface area contributed by atoms with Crippen molar-refractivity contribution in [2.75, 3.05) is 13.2 Å². The molecule has 108 valence electrons. The Balaban J connectivity index is 3.50. The number of rotatable bonds is 9. The fourth-order valence-electron chi connectivity index (χ4n) is 1.42. The molecule has 0 aromatic carbocycles. The maximum absolute atomic E-state index is 11.4. The molecule has 0 aliphatic rings. The molecule has 0 aromatic heterocycles. The van der Waals surface area contributed by atoms with E-state index >= 15 is 0 Å². The number of unbranched alkanes of at least 4 members (excludes halogenated alkanes) is 1. The maximum Gasteiger partial charge on any atom is 0.306 e. The SMILES string of the molecule is CCCCOC[C@@H](O)CCCC(=O)OC(C)(C)C. The van der Waals surface area contributed by atoms with E-state index in [0.717, 1.165) is 12.8 Å². The van der Waals surface area contributed by atoms with Crippen LogP contribution in [0.25, 0.3) is 0 Å². The first-order valence-electron chi connectivity index (χ1n) is 6.83. The monoisotopic (exact) mass is 260 g/mol. The zero-order valence-electron chi connectivity index (χ0n) is 12.2. The molecule has 4 nitrogen and oxygen atoms in total. The molecule has 0 amide bonds. The van der Waals surface area contributed by atoms with Crippen molar-refractivity contribution in [3.63, 3.8) is 0 Å². The minimum absolute atomic E-state index is 0.207. The van der Waals surface area contributed by atoms with Crippen LogP contribution in [-0.4, -0.2) is 36.0 Å². The van der Waals surface area contributed by atoms with Crippen LogP contribution in [0.15, 0.2) is 0 Å². The smallest absolute Gasteiger partial charge is 0.306 e. The Labute approximate surface area is 111 Å². The van der Waals surface area contributed by atoms with Crippen LogP contribution in [0.4, 0.5) is 0 Å². The third-order valence-corrected chi connectivity index (χ3v) is 2.29. The summed E-state index contributed by atoms with van der Waals surface area (Å²) in [7, 11) is 0. The van der Waals surface area contributed by atoms with E-state index in [-0.39, 0.29) is 5.97 Å². The van der Waals surface area contributed by atoms with Crippen molar-refractivity contribution in [3.8, 4) is 0 Å². The van der Waals surface area contributed by atoms with Gasteiger partial charge in [-0.3, -0.25) is 4.79 Å². The first-order chi connectivity index (χ1) is 8.35. The largest absolute Gasteiger partial charge is 0.460 e. The van der Waals surface area contributed by atoms with Crippen molar-refractivity contribution in [2.24, 2.45) is 0 Å². The highest BCUT2D eigenvalue weighted by atomic mass is 16.6. The third kappa shape index (κ3) is 11.9. The van der Waals surface area contributed by atoms with Gasteiger partial charge in [0.15, 0.2) is 0 Å². The minimum Gasteiger partial charge on any atom is -0.460 e. The molecule has 0 aliphatic carbocycles. The Kier molecular flexibility index (Phi) is 9.02. The Bertz CT molecular complexity index is 220. The van der Waals surface area contributed by atoms with Crippen LogP contribution in [-0.2, 0) is 14.3 Å². The summed E-state index contributed by atoms with van der Waals surface area (Å²) in [6.45, 7) is 8.69. The number of hydrogen-bond acceptors (Lipinski definition) is 4. The lowest BCUT2D eigenvalue weighted by Gasteiger charge is -2.19. The van der Waals surface area contributed by atoms with E-state index in [1.807, 2.05) is 20.8 Å². The summed E-state index contributed by atoms with van der Waals surface area (Å²) in [5, 5.41) is 9.62. The van der Waals surface area contributed by atoms with Gasteiger partial charge in [-0.2, -0.15) is 0 Å². The van der Waals surface area contributed by atoms with E-state index in [0.29, 0.717) is 32.5 Å². The van der Waals surface area contributed by atoms with Crippen LogP contribution in [0.1, 0.15) is 59.8 Å². The normalized spacial score (nSPS) is 13.4. The summed E-state index contributed by atoms with van der Waals surface area (Å²) < 4.78 is 10.5. The predicted octanol–water partition coefficient (Wildman–Crippen LogP) is 2.68. The van der Waals surface area contributed by atoms with Crippen molar-refractivity contribution in [1.29, 1.82) is 0 Å². The van der Waals surface area contributed by atoms with Crippen LogP contribution >= 0.6 is 0 Å². The Morgan fingerprint density at radius 2 is 1.94 bits per heavy atom. The van der Waals surface area contributed by atoms with Crippen LogP contribution in [0, 0.1) is 0 Å². The number of esters is 1. The highest BCUT2D eigenvalue weighted by Gasteiger charge is 2.16. The molecule has 18 heavy (non-hydrogen) atoms. The lowest BCUT2D eigenvalue weighted by atomic mass is 10.1. The van der Waals surface area contributed by atoms with Crippen molar-refractivity contribution < 1.29 is 19.4 Å². The molecule has 0 aliphatic heterocycles. The summed E-state index contributed by atoms with van der Waals surface area (Å²) in [5.41, 5.74) is -0.432. The van der Waals surface area contributed by atoms with E-state index < -0.39 is 11.7 Å². The van der Waals surface area contributed by atoms with E-state index in [4.69, 9.17) is 9.47 Å². The van der Waals surface area contributed by atoms with Crippen LogP contribution in [0.2, 0.25) is 0 Å². The summed E-state index contributed by atoms with van der Waals surface area (Å²) >= 11 is 0. The topological polar surface area (TPSA) is 55.8 Å². The van der Waals surface area contributed by atoms with Gasteiger partial charge in [-0.1, -0.05) is 13.3 Å². The minimum atomic E-state index is -0.482. The van der Waals surface area contributed by atoms with E-state index in [1.54, 1.807) is 0 Å². The molecule has 0 unspecified atom stereocenters. The van der Waals surface area contributed by atoms with Crippen LogP contribution in [0.3, 0.4) is 0 Å². The van der Waals surface area contributed by atoms with Gasteiger partial charge in [0.05, 0.1) is 12.7 Å². The lowest BCUT2D eigenvalue weighted by molar-refractivity contribution is -0.155. The number of ether oxygens (including phenoxy) is 2. The highest BCUT2D eigenvalue weighted by molar-refractivity contribution is 5.69. The van der Waals surface area contributed by atoms with Gasteiger partial charge in [-0.15, -0.1) is 0 Å². The molecule has 0 aromatic rings. The van der Waals surface area contributed by atoms with E-state index in [1.165, 1.54) is 0 Å². The summed E-state index contributed by atoms with van der Waals surface area (Å²) in [5.74, 6) is -0.207. The Morgan fingerprint density at radius 3 is 2.50 bits per heavy atom. The third-order valence-electron chi connectivity index (χ3n) is 2.29. The Morgan fingerprint density at radius 1 is 1.28 bits per heavy atom. The average Bonchev–Trinajstić information content (AvgIpc) is 2.22. The highest BCUT2D eigenvalue weighted by Crippen LogP contribution is 2.10. The van der Waals surface area contributed by atoms with Gasteiger partial charge >= 0.3 is 5.97 Å². The van der Waals surface area contributed by atoms with E-state index in [2.05, 4.69) is 6.92 Å². The van der Waals surface area contributed by atoms with Crippen LogP contribution in [0.5, 0.6) is 0 Å². The summed E-state index contributed by atoms with van der Waals surface area (Å²) in [6, 6.07) is 0. The summed E-state index contributed by atoms with van der Waals surface area (Å²) in [6.07, 6.45) is 3.19. The van der Waals surface area contributed by atoms with Gasteiger partial charge in [0.25, 0.3) is 0 Å². The zero-order valence-corrected chi connectivity index (χ0v) is 12.2.